The van der Waals surface area contributed by atoms with E-state index >= 15 is 0 Å². The van der Waals surface area contributed by atoms with Crippen molar-refractivity contribution in [1.29, 1.82) is 5.26 Å². The van der Waals surface area contributed by atoms with Gasteiger partial charge in [-0.05, 0) is 36.1 Å². The van der Waals surface area contributed by atoms with Crippen molar-refractivity contribution < 1.29 is 5.11 Å². The van der Waals surface area contributed by atoms with Crippen molar-refractivity contribution >= 4 is 0 Å². The van der Waals surface area contributed by atoms with E-state index < -0.39 is 0 Å². The Morgan fingerprint density at radius 2 is 2.31 bits per heavy atom. The quantitative estimate of drug-likeness (QED) is 0.621. The fourth-order valence-corrected chi connectivity index (χ4v) is 1.77. The number of benzene rings is 1. The molecule has 0 fully saturated rings. The van der Waals surface area contributed by atoms with Crippen LogP contribution in [0, 0.1) is 11.3 Å². The number of nitrogens with zero attached hydrogens (tertiary/aromatic N) is 1. The second-order valence-corrected chi connectivity index (χ2v) is 3.33. The molecule has 1 atom stereocenters. The van der Waals surface area contributed by atoms with Crippen LogP contribution in [0.4, 0.5) is 0 Å². The molecule has 1 aliphatic carbocycles. The lowest BCUT2D eigenvalue weighted by molar-refractivity contribution is 0.472. The van der Waals surface area contributed by atoms with Crippen LogP contribution < -0.4 is 5.73 Å². The number of phenolic OH excluding ortho intramolecular Hbond substituents is 1. The number of hydrogen-bond acceptors (Lipinski definition) is 3. The highest BCUT2D eigenvalue weighted by atomic mass is 16.3. The number of nitrogens with two attached hydrogens (primary N) is 1. The Balaban J connectivity index is 2.58. The molecule has 3 N–H and O–H groups in total. The van der Waals surface area contributed by atoms with Gasteiger partial charge < -0.3 is 10.8 Å². The van der Waals surface area contributed by atoms with Crippen LogP contribution in [-0.2, 0) is 6.42 Å². The Morgan fingerprint density at radius 3 is 3.00 bits per heavy atom. The number of rotatable bonds is 0. The zero-order chi connectivity index (χ0) is 9.42. The van der Waals surface area contributed by atoms with E-state index in [0.29, 0.717) is 5.56 Å². The van der Waals surface area contributed by atoms with Crippen molar-refractivity contribution in [1.82, 2.24) is 0 Å². The number of hydrogen-bond donors (Lipinski definition) is 2. The number of aromatic hydroxyl groups is 1. The monoisotopic (exact) mass is 174 g/mol. The normalized spacial score (nSPS) is 19.5. The van der Waals surface area contributed by atoms with Gasteiger partial charge in [-0.25, -0.2) is 0 Å². The summed E-state index contributed by atoms with van der Waals surface area (Å²) in [5, 5.41) is 18.1. The van der Waals surface area contributed by atoms with Gasteiger partial charge >= 0.3 is 0 Å². The molecule has 13 heavy (non-hydrogen) atoms. The zero-order valence-electron chi connectivity index (χ0n) is 7.12. The summed E-state index contributed by atoms with van der Waals surface area (Å²) in [5.74, 6) is 0.0404. The third-order valence-corrected chi connectivity index (χ3v) is 2.50. The van der Waals surface area contributed by atoms with Crippen LogP contribution in [0.15, 0.2) is 12.1 Å². The third kappa shape index (κ3) is 1.16. The molecule has 3 heteroatoms. The van der Waals surface area contributed by atoms with Crippen LogP contribution >= 0.6 is 0 Å². The Morgan fingerprint density at radius 1 is 1.54 bits per heavy atom. The van der Waals surface area contributed by atoms with E-state index in [9.17, 15) is 5.11 Å². The summed E-state index contributed by atoms with van der Waals surface area (Å²) in [4.78, 5) is 0. The first-order valence-corrected chi connectivity index (χ1v) is 4.24. The Labute approximate surface area is 76.4 Å². The van der Waals surface area contributed by atoms with Gasteiger partial charge in [0.05, 0.1) is 5.56 Å². The lowest BCUT2D eigenvalue weighted by Gasteiger charge is -2.05. The largest absolute Gasteiger partial charge is 0.507 e. The molecule has 0 saturated heterocycles. The van der Waals surface area contributed by atoms with Crippen LogP contribution in [0.3, 0.4) is 0 Å². The van der Waals surface area contributed by atoms with Gasteiger partial charge in [-0.3, -0.25) is 0 Å². The number of nitriles is 1. The molecule has 1 aromatic carbocycles. The molecule has 0 bridgehead atoms. The van der Waals surface area contributed by atoms with Gasteiger partial charge in [-0.15, -0.1) is 0 Å². The van der Waals surface area contributed by atoms with Crippen LogP contribution in [0.1, 0.15) is 29.2 Å². The average Bonchev–Trinajstić information content (AvgIpc) is 2.47. The van der Waals surface area contributed by atoms with E-state index in [4.69, 9.17) is 11.0 Å². The standard InChI is InChI=1S/C10H10N2O/c11-5-7-3-6-1-2-9(12)8(6)4-10(7)13/h3-4,9,13H,1-2,12H2. The first-order chi connectivity index (χ1) is 6.22. The second kappa shape index (κ2) is 2.75. The van der Waals surface area contributed by atoms with Crippen molar-refractivity contribution in [3.63, 3.8) is 0 Å². The Kier molecular flexibility index (Phi) is 1.71. The average molecular weight is 174 g/mol. The van der Waals surface area contributed by atoms with Gasteiger partial charge in [-0.2, -0.15) is 5.26 Å². The van der Waals surface area contributed by atoms with E-state index in [2.05, 4.69) is 0 Å². The molecule has 0 amide bonds. The minimum Gasteiger partial charge on any atom is -0.507 e. The lowest BCUT2D eigenvalue weighted by Crippen LogP contribution is -2.04. The fourth-order valence-electron chi connectivity index (χ4n) is 1.77. The number of aryl methyl sites for hydroxylation is 1. The molecule has 1 unspecified atom stereocenters. The van der Waals surface area contributed by atoms with Crippen LogP contribution in [0.25, 0.3) is 0 Å². The topological polar surface area (TPSA) is 70.0 Å². The maximum atomic E-state index is 9.41. The van der Waals surface area contributed by atoms with Crippen LogP contribution in [0.2, 0.25) is 0 Å². The van der Waals surface area contributed by atoms with Crippen molar-refractivity contribution in [2.24, 2.45) is 5.73 Å². The number of fused-ring (bicyclic) bond motifs is 1. The minimum atomic E-state index is 0.0219. The molecule has 0 heterocycles. The smallest absolute Gasteiger partial charge is 0.133 e. The Hall–Kier alpha value is -1.53. The highest BCUT2D eigenvalue weighted by Crippen LogP contribution is 2.33. The predicted octanol–water partition coefficient (Wildman–Crippen LogP) is 1.21. The molecular formula is C10H10N2O. The molecule has 1 aliphatic rings. The molecule has 66 valence electrons. The van der Waals surface area contributed by atoms with Crippen LogP contribution in [0.5, 0.6) is 5.75 Å². The fraction of sp³-hybridized carbons (Fsp3) is 0.300. The van der Waals surface area contributed by atoms with Gasteiger partial charge in [0.15, 0.2) is 0 Å². The van der Waals surface area contributed by atoms with Crippen molar-refractivity contribution in [3.05, 3.63) is 28.8 Å². The van der Waals surface area contributed by atoms with Crippen molar-refractivity contribution in [3.8, 4) is 11.8 Å². The minimum absolute atomic E-state index is 0.0219. The molecule has 0 aliphatic heterocycles. The zero-order valence-corrected chi connectivity index (χ0v) is 7.12. The second-order valence-electron chi connectivity index (χ2n) is 3.33. The van der Waals surface area contributed by atoms with Gasteiger partial charge in [0.2, 0.25) is 0 Å². The SMILES string of the molecule is N#Cc1cc2c(cc1O)C(N)CC2. The van der Waals surface area contributed by atoms with Crippen LogP contribution in [-0.4, -0.2) is 5.11 Å². The maximum Gasteiger partial charge on any atom is 0.133 e. The molecule has 0 aromatic heterocycles. The molecule has 0 radical (unpaired) electrons. The summed E-state index contributed by atoms with van der Waals surface area (Å²) >= 11 is 0. The summed E-state index contributed by atoms with van der Waals surface area (Å²) in [6.07, 6.45) is 1.81. The highest BCUT2D eigenvalue weighted by molar-refractivity contribution is 5.50. The van der Waals surface area contributed by atoms with Gasteiger partial charge in [0.1, 0.15) is 11.8 Å². The summed E-state index contributed by atoms with van der Waals surface area (Å²) in [6.45, 7) is 0. The highest BCUT2D eigenvalue weighted by Gasteiger charge is 2.20. The molecule has 3 nitrogen and oxygen atoms in total. The molecular weight excluding hydrogens is 164 g/mol. The third-order valence-electron chi connectivity index (χ3n) is 2.50. The predicted molar refractivity (Wildman–Crippen MR) is 48.1 cm³/mol. The van der Waals surface area contributed by atoms with E-state index in [1.807, 2.05) is 6.07 Å². The summed E-state index contributed by atoms with van der Waals surface area (Å²) in [5.41, 5.74) is 8.24. The maximum absolute atomic E-state index is 9.41. The first-order valence-electron chi connectivity index (χ1n) is 4.24. The lowest BCUT2D eigenvalue weighted by atomic mass is 10.0. The number of phenols is 1. The first kappa shape index (κ1) is 8.09. The van der Waals surface area contributed by atoms with E-state index in [1.165, 1.54) is 0 Å². The molecule has 1 aromatic rings. The molecule has 0 saturated carbocycles. The van der Waals surface area contributed by atoms with Gasteiger partial charge in [0.25, 0.3) is 0 Å². The van der Waals surface area contributed by atoms with E-state index in [-0.39, 0.29) is 11.8 Å². The van der Waals surface area contributed by atoms with Crippen molar-refractivity contribution in [2.45, 2.75) is 18.9 Å². The van der Waals surface area contributed by atoms with E-state index in [0.717, 1.165) is 24.0 Å². The summed E-state index contributed by atoms with van der Waals surface area (Å²) in [7, 11) is 0. The summed E-state index contributed by atoms with van der Waals surface area (Å²) < 4.78 is 0. The van der Waals surface area contributed by atoms with E-state index in [1.54, 1.807) is 12.1 Å². The Bertz CT molecular complexity index is 393. The van der Waals surface area contributed by atoms with Gasteiger partial charge in [0, 0.05) is 6.04 Å². The molecule has 2 rings (SSSR count). The van der Waals surface area contributed by atoms with Gasteiger partial charge in [-0.1, -0.05) is 0 Å². The molecule has 0 spiro atoms. The van der Waals surface area contributed by atoms with Crippen molar-refractivity contribution in [2.75, 3.05) is 0 Å². The summed E-state index contributed by atoms with van der Waals surface area (Å²) in [6, 6.07) is 5.32.